The molecule has 0 radical (unpaired) electrons. The molecular weight excluding hydrogens is 326 g/mol. The molecule has 0 saturated carbocycles. The van der Waals surface area contributed by atoms with Crippen LogP contribution >= 0.6 is 11.6 Å². The van der Waals surface area contributed by atoms with Gasteiger partial charge in [-0.2, -0.15) is 0 Å². The van der Waals surface area contributed by atoms with Crippen molar-refractivity contribution < 1.29 is 14.2 Å². The Kier molecular flexibility index (Phi) is 5.96. The number of benzene rings is 2. The van der Waals surface area contributed by atoms with Gasteiger partial charge in [0.1, 0.15) is 6.10 Å². The molecule has 1 aliphatic heterocycles. The average Bonchev–Trinajstić information content (AvgIpc) is 2.63. The summed E-state index contributed by atoms with van der Waals surface area (Å²) in [4.78, 5) is 0. The molecule has 2 aromatic carbocycles. The zero-order valence-electron chi connectivity index (χ0n) is 13.7. The Morgan fingerprint density at radius 1 is 1.17 bits per heavy atom. The zero-order chi connectivity index (χ0) is 16.8. The Morgan fingerprint density at radius 3 is 2.62 bits per heavy atom. The minimum Gasteiger partial charge on any atom is -0.490 e. The molecule has 1 saturated heterocycles. The lowest BCUT2D eigenvalue weighted by atomic mass is 10.0. The van der Waals surface area contributed by atoms with Gasteiger partial charge >= 0.3 is 0 Å². The first kappa shape index (κ1) is 17.1. The summed E-state index contributed by atoms with van der Waals surface area (Å²) in [5.41, 5.74) is 0.916. The van der Waals surface area contributed by atoms with Crippen molar-refractivity contribution in [2.24, 2.45) is 0 Å². The van der Waals surface area contributed by atoms with Gasteiger partial charge in [0.15, 0.2) is 17.6 Å². The molecule has 0 aromatic heterocycles. The van der Waals surface area contributed by atoms with E-state index >= 15 is 0 Å². The van der Waals surface area contributed by atoms with Crippen LogP contribution in [0.1, 0.15) is 18.6 Å². The fourth-order valence-corrected chi connectivity index (χ4v) is 3.03. The van der Waals surface area contributed by atoms with Gasteiger partial charge in [0.05, 0.1) is 13.2 Å². The Bertz CT molecular complexity index is 659. The van der Waals surface area contributed by atoms with Gasteiger partial charge < -0.3 is 19.5 Å². The molecule has 0 aliphatic carbocycles. The van der Waals surface area contributed by atoms with Crippen LogP contribution < -0.4 is 14.8 Å². The minimum atomic E-state index is -0.312. The van der Waals surface area contributed by atoms with Crippen molar-refractivity contribution >= 4 is 11.6 Å². The summed E-state index contributed by atoms with van der Waals surface area (Å²) in [6.07, 6.45) is -0.429. The van der Waals surface area contributed by atoms with E-state index in [-0.39, 0.29) is 12.2 Å². The molecule has 1 fully saturated rings. The number of para-hydroxylation sites is 2. The van der Waals surface area contributed by atoms with Crippen LogP contribution in [0.3, 0.4) is 0 Å². The summed E-state index contributed by atoms with van der Waals surface area (Å²) in [7, 11) is 0. The second-order valence-electron chi connectivity index (χ2n) is 5.55. The van der Waals surface area contributed by atoms with Gasteiger partial charge in [-0.15, -0.1) is 0 Å². The van der Waals surface area contributed by atoms with Crippen molar-refractivity contribution in [3.05, 3.63) is 59.1 Å². The fraction of sp³-hybridized carbons (Fsp3) is 0.368. The highest BCUT2D eigenvalue weighted by Gasteiger charge is 2.30. The van der Waals surface area contributed by atoms with Crippen molar-refractivity contribution in [2.75, 3.05) is 26.3 Å². The van der Waals surface area contributed by atoms with Gasteiger partial charge in [-0.05, 0) is 25.1 Å². The summed E-state index contributed by atoms with van der Waals surface area (Å²) in [5.74, 6) is 1.42. The van der Waals surface area contributed by atoms with Gasteiger partial charge in [0.2, 0.25) is 0 Å². The molecule has 0 bridgehead atoms. The molecule has 2 unspecified atom stereocenters. The molecule has 0 spiro atoms. The van der Waals surface area contributed by atoms with E-state index in [1.165, 1.54) is 0 Å². The van der Waals surface area contributed by atoms with E-state index in [0.717, 1.165) is 17.9 Å². The molecule has 3 rings (SSSR count). The third-order valence-corrected chi connectivity index (χ3v) is 4.25. The minimum absolute atomic E-state index is 0.117. The average molecular weight is 348 g/mol. The number of nitrogens with one attached hydrogen (secondary N) is 1. The van der Waals surface area contributed by atoms with Crippen LogP contribution in [0.25, 0.3) is 0 Å². The molecule has 128 valence electrons. The normalized spacial score (nSPS) is 18.8. The van der Waals surface area contributed by atoms with E-state index in [4.69, 9.17) is 25.8 Å². The van der Waals surface area contributed by atoms with Crippen molar-refractivity contribution in [3.8, 4) is 11.5 Å². The van der Waals surface area contributed by atoms with Crippen LogP contribution in [0.5, 0.6) is 11.5 Å². The smallest absolute Gasteiger partial charge is 0.162 e. The molecule has 4 nitrogen and oxygen atoms in total. The second-order valence-corrected chi connectivity index (χ2v) is 5.96. The highest BCUT2D eigenvalue weighted by Crippen LogP contribution is 2.35. The summed E-state index contributed by atoms with van der Waals surface area (Å²) in [6, 6.07) is 15.4. The molecule has 0 amide bonds. The largest absolute Gasteiger partial charge is 0.490 e. The third-order valence-electron chi connectivity index (χ3n) is 3.91. The van der Waals surface area contributed by atoms with E-state index < -0.39 is 0 Å². The number of morpholine rings is 1. The number of hydrogen-bond donors (Lipinski definition) is 1. The van der Waals surface area contributed by atoms with Crippen LogP contribution in [0, 0.1) is 0 Å². The molecule has 2 aromatic rings. The standard InChI is InChI=1S/C19H22ClNO3/c1-2-22-16-9-5-6-10-17(16)24-19(18-13-21-11-12-23-18)14-7-3-4-8-15(14)20/h3-10,18-19,21H,2,11-13H2,1H3. The van der Waals surface area contributed by atoms with Crippen molar-refractivity contribution in [3.63, 3.8) is 0 Å². The Hall–Kier alpha value is -1.75. The van der Waals surface area contributed by atoms with Crippen molar-refractivity contribution in [1.29, 1.82) is 0 Å². The zero-order valence-corrected chi connectivity index (χ0v) is 14.5. The number of ether oxygens (including phenoxy) is 3. The SMILES string of the molecule is CCOc1ccccc1OC(c1ccccc1Cl)C1CNCCO1. The van der Waals surface area contributed by atoms with Gasteiger partial charge in [-0.3, -0.25) is 0 Å². The van der Waals surface area contributed by atoms with Crippen LogP contribution in [-0.2, 0) is 4.74 Å². The van der Waals surface area contributed by atoms with Crippen molar-refractivity contribution in [1.82, 2.24) is 5.32 Å². The highest BCUT2D eigenvalue weighted by molar-refractivity contribution is 6.31. The summed E-state index contributed by atoms with van der Waals surface area (Å²) >= 11 is 6.42. The summed E-state index contributed by atoms with van der Waals surface area (Å²) in [6.45, 7) is 4.76. The quantitative estimate of drug-likeness (QED) is 0.861. The topological polar surface area (TPSA) is 39.7 Å². The van der Waals surface area contributed by atoms with Crippen molar-refractivity contribution in [2.45, 2.75) is 19.1 Å². The maximum atomic E-state index is 6.42. The Labute approximate surface area is 147 Å². The van der Waals surface area contributed by atoms with E-state index in [2.05, 4.69) is 5.32 Å². The van der Waals surface area contributed by atoms with Gasteiger partial charge in [-0.25, -0.2) is 0 Å². The Morgan fingerprint density at radius 2 is 1.92 bits per heavy atom. The lowest BCUT2D eigenvalue weighted by molar-refractivity contribution is -0.0439. The van der Waals surface area contributed by atoms with E-state index in [9.17, 15) is 0 Å². The van der Waals surface area contributed by atoms with Gasteiger partial charge in [-0.1, -0.05) is 41.9 Å². The summed E-state index contributed by atoms with van der Waals surface area (Å²) < 4.78 is 17.9. The number of hydrogen-bond acceptors (Lipinski definition) is 4. The first-order valence-corrected chi connectivity index (χ1v) is 8.62. The predicted octanol–water partition coefficient (Wildman–Crippen LogP) is 3.85. The molecule has 1 N–H and O–H groups in total. The van der Waals surface area contributed by atoms with Gasteiger partial charge in [0, 0.05) is 23.7 Å². The van der Waals surface area contributed by atoms with Crippen LogP contribution in [0.2, 0.25) is 5.02 Å². The van der Waals surface area contributed by atoms with E-state index in [1.807, 2.05) is 55.5 Å². The molecular formula is C19H22ClNO3. The fourth-order valence-electron chi connectivity index (χ4n) is 2.78. The van der Waals surface area contributed by atoms with Crippen LogP contribution in [-0.4, -0.2) is 32.4 Å². The molecule has 2 atom stereocenters. The van der Waals surface area contributed by atoms with Crippen LogP contribution in [0.4, 0.5) is 0 Å². The molecule has 1 heterocycles. The van der Waals surface area contributed by atoms with E-state index in [1.54, 1.807) is 0 Å². The maximum absolute atomic E-state index is 6.42. The van der Waals surface area contributed by atoms with Crippen LogP contribution in [0.15, 0.2) is 48.5 Å². The lowest BCUT2D eigenvalue weighted by Crippen LogP contribution is -2.43. The predicted molar refractivity (Wildman–Crippen MR) is 95.0 cm³/mol. The van der Waals surface area contributed by atoms with Gasteiger partial charge in [0.25, 0.3) is 0 Å². The first-order chi connectivity index (χ1) is 11.8. The molecule has 24 heavy (non-hydrogen) atoms. The Balaban J connectivity index is 1.92. The third kappa shape index (κ3) is 4.01. The second kappa shape index (κ2) is 8.38. The molecule has 1 aliphatic rings. The first-order valence-electron chi connectivity index (χ1n) is 8.25. The highest BCUT2D eigenvalue weighted by atomic mass is 35.5. The van der Waals surface area contributed by atoms with E-state index in [0.29, 0.717) is 30.5 Å². The monoisotopic (exact) mass is 347 g/mol. The number of rotatable bonds is 6. The number of halogens is 1. The maximum Gasteiger partial charge on any atom is 0.162 e. The lowest BCUT2D eigenvalue weighted by Gasteiger charge is -2.32. The molecule has 5 heteroatoms. The summed E-state index contributed by atoms with van der Waals surface area (Å²) in [5, 5.41) is 4.02.